The van der Waals surface area contributed by atoms with Gasteiger partial charge in [-0.05, 0) is 50.8 Å². The molecule has 13 heavy (non-hydrogen) atoms. The Morgan fingerprint density at radius 3 is 2.85 bits per heavy atom. The fourth-order valence-corrected chi connectivity index (χ4v) is 1.86. The first-order valence-electron chi connectivity index (χ1n) is 5.39. The standard InChI is InChI=1S/C12H21N/c1-3-11(9-10-13-2)12-7-5-4-6-8-12/h5,7-8,11,13H,3-4,6,9-10H2,1-2H3. The molecule has 0 amide bonds. The SMILES string of the molecule is CCC(CCNC)C1=CCCC=C1. The van der Waals surface area contributed by atoms with Crippen molar-refractivity contribution < 1.29 is 0 Å². The largest absolute Gasteiger partial charge is 0.320 e. The maximum atomic E-state index is 3.22. The van der Waals surface area contributed by atoms with E-state index >= 15 is 0 Å². The van der Waals surface area contributed by atoms with Crippen LogP contribution in [0.15, 0.2) is 23.8 Å². The van der Waals surface area contributed by atoms with Gasteiger partial charge in [-0.3, -0.25) is 0 Å². The Kier molecular flexibility index (Phi) is 4.84. The summed E-state index contributed by atoms with van der Waals surface area (Å²) in [7, 11) is 2.03. The van der Waals surface area contributed by atoms with E-state index in [1.54, 1.807) is 5.57 Å². The molecule has 0 radical (unpaired) electrons. The highest BCUT2D eigenvalue weighted by Crippen LogP contribution is 2.23. The first-order valence-corrected chi connectivity index (χ1v) is 5.39. The van der Waals surface area contributed by atoms with Crippen LogP contribution in [0.25, 0.3) is 0 Å². The van der Waals surface area contributed by atoms with E-state index in [0.29, 0.717) is 0 Å². The molecule has 0 saturated carbocycles. The van der Waals surface area contributed by atoms with E-state index in [1.807, 2.05) is 7.05 Å². The second-order valence-corrected chi connectivity index (χ2v) is 3.68. The fraction of sp³-hybridized carbons (Fsp3) is 0.667. The minimum Gasteiger partial charge on any atom is -0.320 e. The van der Waals surface area contributed by atoms with Gasteiger partial charge in [-0.2, -0.15) is 0 Å². The van der Waals surface area contributed by atoms with Gasteiger partial charge in [0.2, 0.25) is 0 Å². The summed E-state index contributed by atoms with van der Waals surface area (Å²) in [6.45, 7) is 3.41. The Bertz CT molecular complexity index is 191. The quantitative estimate of drug-likeness (QED) is 0.684. The van der Waals surface area contributed by atoms with E-state index in [9.17, 15) is 0 Å². The van der Waals surface area contributed by atoms with Gasteiger partial charge in [0.15, 0.2) is 0 Å². The number of allylic oxidation sites excluding steroid dienone is 4. The van der Waals surface area contributed by atoms with Crippen LogP contribution in [0.2, 0.25) is 0 Å². The molecule has 0 aromatic heterocycles. The second-order valence-electron chi connectivity index (χ2n) is 3.68. The topological polar surface area (TPSA) is 12.0 Å². The lowest BCUT2D eigenvalue weighted by Crippen LogP contribution is -2.14. The summed E-state index contributed by atoms with van der Waals surface area (Å²) in [5, 5.41) is 3.22. The molecule has 0 spiro atoms. The van der Waals surface area contributed by atoms with Gasteiger partial charge in [0, 0.05) is 0 Å². The van der Waals surface area contributed by atoms with Gasteiger partial charge in [-0.1, -0.05) is 25.2 Å². The van der Waals surface area contributed by atoms with Gasteiger partial charge in [-0.15, -0.1) is 0 Å². The zero-order chi connectivity index (χ0) is 9.52. The predicted molar refractivity (Wildman–Crippen MR) is 58.8 cm³/mol. The second kappa shape index (κ2) is 5.98. The lowest BCUT2D eigenvalue weighted by molar-refractivity contribution is 0.531. The summed E-state index contributed by atoms with van der Waals surface area (Å²) in [6, 6.07) is 0. The number of rotatable bonds is 5. The van der Waals surface area contributed by atoms with Crippen molar-refractivity contribution in [2.24, 2.45) is 5.92 Å². The lowest BCUT2D eigenvalue weighted by Gasteiger charge is -2.18. The molecule has 0 fully saturated rings. The van der Waals surface area contributed by atoms with Crippen molar-refractivity contribution in [3.63, 3.8) is 0 Å². The molecule has 0 aliphatic heterocycles. The van der Waals surface area contributed by atoms with Crippen molar-refractivity contribution >= 4 is 0 Å². The number of nitrogens with one attached hydrogen (secondary N) is 1. The molecule has 1 heteroatoms. The molecule has 1 rings (SSSR count). The maximum Gasteiger partial charge on any atom is -0.00461 e. The van der Waals surface area contributed by atoms with Gasteiger partial charge in [0.25, 0.3) is 0 Å². The third-order valence-electron chi connectivity index (χ3n) is 2.73. The smallest absolute Gasteiger partial charge is 0.00461 e. The third-order valence-corrected chi connectivity index (χ3v) is 2.73. The van der Waals surface area contributed by atoms with Crippen LogP contribution in [-0.2, 0) is 0 Å². The van der Waals surface area contributed by atoms with Gasteiger partial charge >= 0.3 is 0 Å². The maximum absolute atomic E-state index is 3.22. The van der Waals surface area contributed by atoms with Crippen molar-refractivity contribution in [1.29, 1.82) is 0 Å². The third kappa shape index (κ3) is 3.35. The van der Waals surface area contributed by atoms with Gasteiger partial charge in [0.05, 0.1) is 0 Å². The van der Waals surface area contributed by atoms with E-state index in [4.69, 9.17) is 0 Å². The van der Waals surface area contributed by atoms with E-state index in [0.717, 1.165) is 12.5 Å². The molecule has 1 atom stereocenters. The molecule has 0 saturated heterocycles. The summed E-state index contributed by atoms with van der Waals surface area (Å²) in [5.74, 6) is 0.768. The predicted octanol–water partition coefficient (Wildman–Crippen LogP) is 2.90. The van der Waals surface area contributed by atoms with Crippen LogP contribution in [0, 0.1) is 5.92 Å². The van der Waals surface area contributed by atoms with E-state index in [-0.39, 0.29) is 0 Å². The zero-order valence-corrected chi connectivity index (χ0v) is 8.84. The van der Waals surface area contributed by atoms with Crippen molar-refractivity contribution in [3.05, 3.63) is 23.8 Å². The summed E-state index contributed by atoms with van der Waals surface area (Å²) < 4.78 is 0. The average molecular weight is 179 g/mol. The van der Waals surface area contributed by atoms with Crippen LogP contribution in [-0.4, -0.2) is 13.6 Å². The molecule has 0 aromatic carbocycles. The van der Waals surface area contributed by atoms with E-state index < -0.39 is 0 Å². The minimum absolute atomic E-state index is 0.768. The summed E-state index contributed by atoms with van der Waals surface area (Å²) >= 11 is 0. The molecule has 1 unspecified atom stereocenters. The normalized spacial score (nSPS) is 18.5. The summed E-state index contributed by atoms with van der Waals surface area (Å²) in [5.41, 5.74) is 1.56. The first kappa shape index (κ1) is 10.5. The van der Waals surface area contributed by atoms with Crippen molar-refractivity contribution in [2.75, 3.05) is 13.6 Å². The lowest BCUT2D eigenvalue weighted by atomic mass is 9.89. The molecule has 0 aromatic rings. The highest BCUT2D eigenvalue weighted by Gasteiger charge is 2.10. The Morgan fingerprint density at radius 1 is 1.46 bits per heavy atom. The monoisotopic (exact) mass is 179 g/mol. The van der Waals surface area contributed by atoms with Crippen molar-refractivity contribution in [1.82, 2.24) is 5.32 Å². The van der Waals surface area contributed by atoms with Crippen LogP contribution in [0.4, 0.5) is 0 Å². The molecule has 0 heterocycles. The highest BCUT2D eigenvalue weighted by molar-refractivity contribution is 5.24. The molecule has 1 N–H and O–H groups in total. The molecule has 1 nitrogen and oxygen atoms in total. The van der Waals surface area contributed by atoms with Crippen LogP contribution >= 0.6 is 0 Å². The number of hydrogen-bond acceptors (Lipinski definition) is 1. The molecule has 1 aliphatic carbocycles. The van der Waals surface area contributed by atoms with Crippen molar-refractivity contribution in [2.45, 2.75) is 32.6 Å². The molecule has 0 bridgehead atoms. The van der Waals surface area contributed by atoms with Crippen LogP contribution in [0.5, 0.6) is 0 Å². The fourth-order valence-electron chi connectivity index (χ4n) is 1.86. The number of hydrogen-bond donors (Lipinski definition) is 1. The zero-order valence-electron chi connectivity index (χ0n) is 8.84. The van der Waals surface area contributed by atoms with Crippen LogP contribution in [0.3, 0.4) is 0 Å². The molecular formula is C12H21N. The summed E-state index contributed by atoms with van der Waals surface area (Å²) in [4.78, 5) is 0. The Labute approximate surface area is 81.9 Å². The first-order chi connectivity index (χ1) is 6.38. The molecule has 74 valence electrons. The van der Waals surface area contributed by atoms with Gasteiger partial charge < -0.3 is 5.32 Å². The van der Waals surface area contributed by atoms with E-state index in [1.165, 1.54) is 25.7 Å². The minimum atomic E-state index is 0.768. The summed E-state index contributed by atoms with van der Waals surface area (Å²) in [6.07, 6.45) is 12.0. The van der Waals surface area contributed by atoms with Crippen LogP contribution < -0.4 is 5.32 Å². The Hall–Kier alpha value is -0.560. The molecule has 1 aliphatic rings. The van der Waals surface area contributed by atoms with Crippen molar-refractivity contribution in [3.8, 4) is 0 Å². The Morgan fingerprint density at radius 2 is 2.31 bits per heavy atom. The Balaban J connectivity index is 2.44. The van der Waals surface area contributed by atoms with Gasteiger partial charge in [0.1, 0.15) is 0 Å². The molecular weight excluding hydrogens is 158 g/mol. The van der Waals surface area contributed by atoms with E-state index in [2.05, 4.69) is 30.5 Å². The van der Waals surface area contributed by atoms with Gasteiger partial charge in [-0.25, -0.2) is 0 Å². The highest BCUT2D eigenvalue weighted by atomic mass is 14.8. The average Bonchev–Trinajstić information content (AvgIpc) is 2.21. The van der Waals surface area contributed by atoms with Crippen LogP contribution in [0.1, 0.15) is 32.6 Å².